The Balaban J connectivity index is 1.91. The molecule has 0 amide bonds. The van der Waals surface area contributed by atoms with Crippen LogP contribution in [0.1, 0.15) is 18.9 Å². The van der Waals surface area contributed by atoms with Crippen LogP contribution in [0, 0.1) is 10.1 Å². The van der Waals surface area contributed by atoms with Gasteiger partial charge in [-0.25, -0.2) is 4.79 Å². The molecule has 24 heavy (non-hydrogen) atoms. The van der Waals surface area contributed by atoms with Crippen molar-refractivity contribution in [3.05, 3.63) is 70.3 Å². The van der Waals surface area contributed by atoms with Crippen molar-refractivity contribution in [3.63, 3.8) is 0 Å². The molecule has 2 rings (SSSR count). The number of esters is 1. The SMILES string of the molecule is CCCOc1ccc(C=CC(=O)Oc2ccc([N+](=O)[O-])cc2)cc1. The van der Waals surface area contributed by atoms with E-state index in [1.54, 1.807) is 6.08 Å². The molecule has 0 spiro atoms. The average Bonchev–Trinajstić information content (AvgIpc) is 2.59. The fourth-order valence-corrected chi connectivity index (χ4v) is 1.85. The molecule has 0 saturated carbocycles. The van der Waals surface area contributed by atoms with Gasteiger partial charge in [0.15, 0.2) is 0 Å². The Bertz CT molecular complexity index is 720. The van der Waals surface area contributed by atoms with E-state index in [4.69, 9.17) is 9.47 Å². The molecular formula is C18H17NO5. The number of hydrogen-bond acceptors (Lipinski definition) is 5. The van der Waals surface area contributed by atoms with Gasteiger partial charge in [0, 0.05) is 18.2 Å². The van der Waals surface area contributed by atoms with Crippen molar-refractivity contribution >= 4 is 17.7 Å². The van der Waals surface area contributed by atoms with E-state index in [1.807, 2.05) is 31.2 Å². The highest BCUT2D eigenvalue weighted by atomic mass is 16.6. The molecule has 0 heterocycles. The number of hydrogen-bond donors (Lipinski definition) is 0. The number of carbonyl (C=O) groups is 1. The molecule has 0 fully saturated rings. The van der Waals surface area contributed by atoms with Crippen molar-refractivity contribution in [2.24, 2.45) is 0 Å². The zero-order valence-electron chi connectivity index (χ0n) is 13.2. The van der Waals surface area contributed by atoms with E-state index in [9.17, 15) is 14.9 Å². The molecule has 0 aliphatic carbocycles. The minimum Gasteiger partial charge on any atom is -0.494 e. The Morgan fingerprint density at radius 1 is 1.08 bits per heavy atom. The molecule has 124 valence electrons. The van der Waals surface area contributed by atoms with E-state index in [-0.39, 0.29) is 11.4 Å². The number of benzene rings is 2. The highest BCUT2D eigenvalue weighted by Crippen LogP contribution is 2.18. The summed E-state index contributed by atoms with van der Waals surface area (Å²) < 4.78 is 10.6. The Kier molecular flexibility index (Phi) is 6.08. The van der Waals surface area contributed by atoms with E-state index in [1.165, 1.54) is 30.3 Å². The van der Waals surface area contributed by atoms with Crippen molar-refractivity contribution in [1.82, 2.24) is 0 Å². The van der Waals surface area contributed by atoms with Gasteiger partial charge in [0.1, 0.15) is 11.5 Å². The highest BCUT2D eigenvalue weighted by Gasteiger charge is 2.06. The summed E-state index contributed by atoms with van der Waals surface area (Å²) in [7, 11) is 0. The standard InChI is InChI=1S/C18H17NO5/c1-2-13-23-16-8-3-14(4-9-16)5-12-18(20)24-17-10-6-15(7-11-17)19(21)22/h3-12H,2,13H2,1H3. The van der Waals surface area contributed by atoms with Gasteiger partial charge in [-0.2, -0.15) is 0 Å². The summed E-state index contributed by atoms with van der Waals surface area (Å²) in [5.74, 6) is 0.469. The van der Waals surface area contributed by atoms with Gasteiger partial charge in [-0.15, -0.1) is 0 Å². The van der Waals surface area contributed by atoms with Gasteiger partial charge in [0.2, 0.25) is 0 Å². The summed E-state index contributed by atoms with van der Waals surface area (Å²) >= 11 is 0. The Morgan fingerprint density at radius 3 is 2.29 bits per heavy atom. The maximum atomic E-state index is 11.7. The lowest BCUT2D eigenvalue weighted by Crippen LogP contribution is -2.03. The second-order valence-electron chi connectivity index (χ2n) is 4.92. The van der Waals surface area contributed by atoms with Gasteiger partial charge in [0.05, 0.1) is 11.5 Å². The maximum absolute atomic E-state index is 11.7. The summed E-state index contributed by atoms with van der Waals surface area (Å²) in [5.41, 5.74) is 0.773. The number of nitro groups is 1. The minimum atomic E-state index is -0.560. The molecule has 0 radical (unpaired) electrons. The van der Waals surface area contributed by atoms with Gasteiger partial charge in [-0.3, -0.25) is 10.1 Å². The first kappa shape index (κ1) is 17.2. The van der Waals surface area contributed by atoms with Gasteiger partial charge in [0.25, 0.3) is 5.69 Å². The highest BCUT2D eigenvalue weighted by molar-refractivity contribution is 5.88. The molecule has 0 saturated heterocycles. The predicted octanol–water partition coefficient (Wildman–Crippen LogP) is 4.00. The van der Waals surface area contributed by atoms with Crippen LogP contribution >= 0.6 is 0 Å². The van der Waals surface area contributed by atoms with Crippen LogP contribution in [-0.2, 0) is 4.79 Å². The van der Waals surface area contributed by atoms with E-state index in [0.29, 0.717) is 6.61 Å². The minimum absolute atomic E-state index is 0.0595. The van der Waals surface area contributed by atoms with Crippen LogP contribution in [0.25, 0.3) is 6.08 Å². The first-order valence-electron chi connectivity index (χ1n) is 7.45. The zero-order chi connectivity index (χ0) is 17.4. The second kappa shape index (κ2) is 8.47. The molecule has 6 heteroatoms. The van der Waals surface area contributed by atoms with Crippen molar-refractivity contribution in [1.29, 1.82) is 0 Å². The van der Waals surface area contributed by atoms with Crippen LogP contribution in [-0.4, -0.2) is 17.5 Å². The lowest BCUT2D eigenvalue weighted by Gasteiger charge is -2.04. The van der Waals surface area contributed by atoms with Crippen LogP contribution in [0.3, 0.4) is 0 Å². The monoisotopic (exact) mass is 327 g/mol. The third kappa shape index (κ3) is 5.24. The Morgan fingerprint density at radius 2 is 1.71 bits per heavy atom. The quantitative estimate of drug-likeness (QED) is 0.252. The molecule has 0 bridgehead atoms. The van der Waals surface area contributed by atoms with Gasteiger partial charge in [-0.1, -0.05) is 19.1 Å². The van der Waals surface area contributed by atoms with Gasteiger partial charge < -0.3 is 9.47 Å². The molecule has 0 unspecified atom stereocenters. The van der Waals surface area contributed by atoms with Crippen LogP contribution in [0.15, 0.2) is 54.6 Å². The number of carbonyl (C=O) groups excluding carboxylic acids is 1. The normalized spacial score (nSPS) is 10.5. The van der Waals surface area contributed by atoms with Crippen LogP contribution < -0.4 is 9.47 Å². The molecule has 0 atom stereocenters. The lowest BCUT2D eigenvalue weighted by atomic mass is 10.2. The zero-order valence-corrected chi connectivity index (χ0v) is 13.2. The lowest BCUT2D eigenvalue weighted by molar-refractivity contribution is -0.384. The smallest absolute Gasteiger partial charge is 0.336 e. The Hall–Kier alpha value is -3.15. The molecule has 0 aliphatic heterocycles. The molecule has 2 aromatic carbocycles. The first-order valence-corrected chi connectivity index (χ1v) is 7.45. The van der Waals surface area contributed by atoms with E-state index in [0.717, 1.165) is 17.7 Å². The summed E-state index contributed by atoms with van der Waals surface area (Å²) in [4.78, 5) is 21.8. The third-order valence-corrected chi connectivity index (χ3v) is 3.03. The number of non-ortho nitro benzene ring substituents is 1. The van der Waals surface area contributed by atoms with E-state index in [2.05, 4.69) is 0 Å². The predicted molar refractivity (Wildman–Crippen MR) is 90.0 cm³/mol. The maximum Gasteiger partial charge on any atom is 0.336 e. The third-order valence-electron chi connectivity index (χ3n) is 3.03. The van der Waals surface area contributed by atoms with E-state index >= 15 is 0 Å². The molecule has 2 aromatic rings. The number of rotatable bonds is 7. The summed E-state index contributed by atoms with van der Waals surface area (Å²) in [6.07, 6.45) is 3.86. The molecule has 6 nitrogen and oxygen atoms in total. The number of nitrogens with zero attached hydrogens (tertiary/aromatic N) is 1. The molecule has 0 aliphatic rings. The van der Waals surface area contributed by atoms with Crippen molar-refractivity contribution in [2.45, 2.75) is 13.3 Å². The fourth-order valence-electron chi connectivity index (χ4n) is 1.85. The van der Waals surface area contributed by atoms with Crippen LogP contribution in [0.5, 0.6) is 11.5 Å². The van der Waals surface area contributed by atoms with Crippen molar-refractivity contribution in [3.8, 4) is 11.5 Å². The van der Waals surface area contributed by atoms with E-state index < -0.39 is 10.9 Å². The summed E-state index contributed by atoms with van der Waals surface area (Å²) in [6, 6.07) is 12.6. The Labute approximate surface area is 139 Å². The van der Waals surface area contributed by atoms with Crippen molar-refractivity contribution < 1.29 is 19.2 Å². The van der Waals surface area contributed by atoms with Crippen molar-refractivity contribution in [2.75, 3.05) is 6.61 Å². The molecule has 0 aromatic heterocycles. The molecular weight excluding hydrogens is 310 g/mol. The van der Waals surface area contributed by atoms with Gasteiger partial charge >= 0.3 is 5.97 Å². The van der Waals surface area contributed by atoms with Crippen LogP contribution in [0.4, 0.5) is 5.69 Å². The largest absolute Gasteiger partial charge is 0.494 e. The number of nitro benzene ring substituents is 1. The second-order valence-corrected chi connectivity index (χ2v) is 4.92. The average molecular weight is 327 g/mol. The topological polar surface area (TPSA) is 78.7 Å². The van der Waals surface area contributed by atoms with Crippen LogP contribution in [0.2, 0.25) is 0 Å². The fraction of sp³-hybridized carbons (Fsp3) is 0.167. The number of ether oxygens (including phenoxy) is 2. The van der Waals surface area contributed by atoms with Gasteiger partial charge in [-0.05, 0) is 42.3 Å². The first-order chi connectivity index (χ1) is 11.6. The molecule has 0 N–H and O–H groups in total. The summed E-state index contributed by atoms with van der Waals surface area (Å²) in [5, 5.41) is 10.6. The summed E-state index contributed by atoms with van der Waals surface area (Å²) in [6.45, 7) is 2.70.